The zero-order valence-electron chi connectivity index (χ0n) is 9.85. The Hall–Kier alpha value is -2.45. The largest absolute Gasteiger partial charge is 0.431 e. The fraction of sp³-hybridized carbons (Fsp3) is 0.556. The maximum Gasteiger partial charge on any atom is 0.330 e. The third-order valence-electron chi connectivity index (χ3n) is 2.75. The lowest BCUT2D eigenvalue weighted by Crippen LogP contribution is -2.33. The van der Waals surface area contributed by atoms with Gasteiger partial charge in [-0.25, -0.2) is 4.79 Å². The van der Waals surface area contributed by atoms with Crippen LogP contribution in [0.2, 0.25) is 0 Å². The van der Waals surface area contributed by atoms with Crippen LogP contribution in [-0.2, 0) is 9.57 Å². The van der Waals surface area contributed by atoms with E-state index in [4.69, 9.17) is 16.0 Å². The van der Waals surface area contributed by atoms with Gasteiger partial charge < -0.3 is 15.3 Å². The van der Waals surface area contributed by atoms with Gasteiger partial charge in [-0.15, -0.1) is 0 Å². The van der Waals surface area contributed by atoms with E-state index in [2.05, 4.69) is 20.0 Å². The minimum Gasteiger partial charge on any atom is -0.431 e. The smallest absolute Gasteiger partial charge is 0.330 e. The first kappa shape index (κ1) is 13.0. The van der Waals surface area contributed by atoms with Gasteiger partial charge in [0.25, 0.3) is 5.56 Å². The first-order valence-electron chi connectivity index (χ1n) is 5.54. The van der Waals surface area contributed by atoms with Crippen LogP contribution in [0.25, 0.3) is 10.4 Å². The molecule has 1 aromatic rings. The molecule has 2 atom stereocenters. The maximum atomic E-state index is 11.6. The van der Waals surface area contributed by atoms with Crippen molar-refractivity contribution >= 4 is 5.69 Å². The van der Waals surface area contributed by atoms with Crippen LogP contribution >= 0.6 is 0 Å². The van der Waals surface area contributed by atoms with Crippen LogP contribution in [-0.4, -0.2) is 22.3 Å². The van der Waals surface area contributed by atoms with Crippen molar-refractivity contribution in [1.29, 1.82) is 0 Å². The highest BCUT2D eigenvalue weighted by molar-refractivity contribution is 5.30. The zero-order valence-corrected chi connectivity index (χ0v) is 9.85. The molecule has 0 spiro atoms. The minimum atomic E-state index is -0.623. The van der Waals surface area contributed by atoms with E-state index in [1.165, 1.54) is 10.8 Å². The second-order valence-corrected chi connectivity index (χ2v) is 4.01. The highest BCUT2D eigenvalue weighted by atomic mass is 16.7. The van der Waals surface area contributed by atoms with Crippen LogP contribution in [0, 0.1) is 0 Å². The molecule has 1 fully saturated rings. The Morgan fingerprint density at radius 3 is 3.16 bits per heavy atom. The van der Waals surface area contributed by atoms with Crippen LogP contribution in [0.5, 0.6) is 0 Å². The number of nitrogens with zero attached hydrogens (tertiary/aromatic N) is 4. The summed E-state index contributed by atoms with van der Waals surface area (Å²) in [5.41, 5.74) is 12.3. The molecule has 3 N–H and O–H groups in total. The topological polar surface area (TPSA) is 148 Å². The Morgan fingerprint density at radius 2 is 2.42 bits per heavy atom. The van der Waals surface area contributed by atoms with Crippen LogP contribution in [0.3, 0.4) is 0 Å². The number of nitrogen functional groups attached to an aromatic ring is 1. The molecule has 0 saturated carbocycles. The zero-order chi connectivity index (χ0) is 13.8. The summed E-state index contributed by atoms with van der Waals surface area (Å²) in [5, 5.41) is 2.94. The lowest BCUT2D eigenvalue weighted by atomic mass is 10.2. The maximum absolute atomic E-state index is 11.6. The Morgan fingerprint density at radius 1 is 1.63 bits per heavy atom. The van der Waals surface area contributed by atoms with E-state index in [1.54, 1.807) is 0 Å². The summed E-state index contributed by atoms with van der Waals surface area (Å²) in [6.45, 7) is 0.105. The number of hydrogen-bond donors (Lipinski definition) is 2. The lowest BCUT2D eigenvalue weighted by Gasteiger charge is -2.15. The number of ether oxygens (including phenoxy) is 1. The van der Waals surface area contributed by atoms with Crippen LogP contribution in [0.15, 0.2) is 21.1 Å². The molecule has 2 heterocycles. The van der Waals surface area contributed by atoms with Crippen molar-refractivity contribution in [3.05, 3.63) is 37.5 Å². The molecule has 1 aromatic heterocycles. The van der Waals surface area contributed by atoms with Crippen LogP contribution < -0.4 is 17.0 Å². The van der Waals surface area contributed by atoms with Gasteiger partial charge in [0.15, 0.2) is 0 Å². The number of nitrogens with one attached hydrogen (secondary N) is 1. The molecule has 102 valence electrons. The molecule has 0 radical (unpaired) electrons. The highest BCUT2D eigenvalue weighted by Crippen LogP contribution is 2.27. The average Bonchev–Trinajstić information content (AvgIpc) is 2.83. The van der Waals surface area contributed by atoms with Crippen molar-refractivity contribution in [2.24, 2.45) is 5.28 Å². The molecule has 10 nitrogen and oxygen atoms in total. The number of hydrogen-bond acceptors (Lipinski definition) is 6. The van der Waals surface area contributed by atoms with Gasteiger partial charge in [0.1, 0.15) is 23.8 Å². The Labute approximate surface area is 106 Å². The second-order valence-electron chi connectivity index (χ2n) is 4.01. The van der Waals surface area contributed by atoms with Gasteiger partial charge in [-0.2, -0.15) is 0 Å². The van der Waals surface area contributed by atoms with Gasteiger partial charge in [0.05, 0.1) is 6.10 Å². The van der Waals surface area contributed by atoms with Gasteiger partial charge in [-0.1, -0.05) is 0 Å². The van der Waals surface area contributed by atoms with E-state index in [1.807, 2.05) is 0 Å². The molecule has 0 bridgehead atoms. The van der Waals surface area contributed by atoms with Gasteiger partial charge >= 0.3 is 5.69 Å². The summed E-state index contributed by atoms with van der Waals surface area (Å²) < 4.78 is 6.77. The first-order valence-corrected chi connectivity index (χ1v) is 5.54. The third kappa shape index (κ3) is 2.87. The van der Waals surface area contributed by atoms with Crippen molar-refractivity contribution in [3.8, 4) is 0 Å². The Bertz CT molecular complexity index is 616. The molecule has 0 unspecified atom stereocenters. The number of rotatable bonds is 4. The molecule has 2 rings (SSSR count). The predicted octanol–water partition coefficient (Wildman–Crippen LogP) is 0.0383. The van der Waals surface area contributed by atoms with Gasteiger partial charge in [-0.05, 0) is 18.4 Å². The number of H-pyrrole nitrogens is 1. The second kappa shape index (κ2) is 5.46. The number of azide groups is 1. The van der Waals surface area contributed by atoms with Crippen LogP contribution in [0.1, 0.15) is 19.1 Å². The van der Waals surface area contributed by atoms with Gasteiger partial charge in [0.2, 0.25) is 0 Å². The number of aromatic amines is 1. The normalized spacial score (nSPS) is 21.9. The van der Waals surface area contributed by atoms with Crippen molar-refractivity contribution in [2.45, 2.75) is 25.2 Å². The van der Waals surface area contributed by atoms with Crippen molar-refractivity contribution in [2.75, 3.05) is 12.3 Å². The number of nitrogens with two attached hydrogens (primary N) is 1. The van der Waals surface area contributed by atoms with Gasteiger partial charge in [0, 0.05) is 11.1 Å². The van der Waals surface area contributed by atoms with E-state index < -0.39 is 17.5 Å². The average molecular weight is 268 g/mol. The lowest BCUT2D eigenvalue weighted by molar-refractivity contribution is -0.0430. The van der Waals surface area contributed by atoms with Crippen molar-refractivity contribution < 1.29 is 9.57 Å². The van der Waals surface area contributed by atoms with E-state index in [9.17, 15) is 9.59 Å². The van der Waals surface area contributed by atoms with Gasteiger partial charge in [-0.3, -0.25) is 14.3 Å². The summed E-state index contributed by atoms with van der Waals surface area (Å²) >= 11 is 0. The summed E-state index contributed by atoms with van der Waals surface area (Å²) in [7, 11) is 0. The SMILES string of the molecule is [N-]=[N+]=NOC[C@@H]1CC[C@H](n2cc(N)c(=O)[nH]c2=O)O1. The Kier molecular flexibility index (Phi) is 3.74. The summed E-state index contributed by atoms with van der Waals surface area (Å²) in [6.07, 6.45) is 1.65. The fourth-order valence-corrected chi connectivity index (χ4v) is 1.87. The third-order valence-corrected chi connectivity index (χ3v) is 2.75. The van der Waals surface area contributed by atoms with Crippen LogP contribution in [0.4, 0.5) is 5.69 Å². The monoisotopic (exact) mass is 268 g/mol. The fourth-order valence-electron chi connectivity index (χ4n) is 1.87. The number of anilines is 1. The first-order chi connectivity index (χ1) is 9.11. The molecule has 1 aliphatic heterocycles. The standard InChI is InChI=1S/C9H12N6O4/c10-6-3-15(9(17)12-8(6)16)7-2-1-5(19-7)4-18-14-13-11/h3,5,7H,1-2,4,10H2,(H,12,16,17)/t5-,7+/m0/s1. The van der Waals surface area contributed by atoms with Crippen molar-refractivity contribution in [3.63, 3.8) is 0 Å². The summed E-state index contributed by atoms with van der Waals surface area (Å²) in [5.74, 6) is 0. The van der Waals surface area contributed by atoms with Crippen molar-refractivity contribution in [1.82, 2.24) is 9.55 Å². The molecule has 1 aliphatic rings. The quantitative estimate of drug-likeness (QED) is 0.342. The molecule has 0 aliphatic carbocycles. The minimum absolute atomic E-state index is 0.0584. The van der Waals surface area contributed by atoms with E-state index in [-0.39, 0.29) is 18.4 Å². The highest BCUT2D eigenvalue weighted by Gasteiger charge is 2.27. The molecule has 0 amide bonds. The molecule has 1 saturated heterocycles. The Balaban J connectivity index is 2.08. The molecule has 0 aromatic carbocycles. The predicted molar refractivity (Wildman–Crippen MR) is 64.0 cm³/mol. The molecular formula is C9H12N6O4. The molecule has 19 heavy (non-hydrogen) atoms. The molecular weight excluding hydrogens is 256 g/mol. The molecule has 10 heteroatoms. The van der Waals surface area contributed by atoms with E-state index >= 15 is 0 Å². The number of aromatic nitrogens is 2. The summed E-state index contributed by atoms with van der Waals surface area (Å²) in [4.78, 5) is 31.9. The van der Waals surface area contributed by atoms with E-state index in [0.717, 1.165) is 0 Å². The summed E-state index contributed by atoms with van der Waals surface area (Å²) in [6, 6.07) is 0. The van der Waals surface area contributed by atoms with E-state index in [0.29, 0.717) is 12.8 Å².